The summed E-state index contributed by atoms with van der Waals surface area (Å²) in [4.78, 5) is 24.7. The van der Waals surface area contributed by atoms with E-state index in [0.29, 0.717) is 19.6 Å². The van der Waals surface area contributed by atoms with Crippen LogP contribution >= 0.6 is 0 Å². The summed E-state index contributed by atoms with van der Waals surface area (Å²) in [5.74, 6) is -2.32. The fraction of sp³-hybridized carbons (Fsp3) is 0.385. The molecule has 1 heterocycles. The van der Waals surface area contributed by atoms with Gasteiger partial charge in [-0.2, -0.15) is 0 Å². The minimum absolute atomic E-state index is 0.0581. The van der Waals surface area contributed by atoms with E-state index in [1.807, 2.05) is 4.90 Å². The zero-order chi connectivity index (χ0) is 14.5. The van der Waals surface area contributed by atoms with Gasteiger partial charge in [0.2, 0.25) is 11.8 Å². The van der Waals surface area contributed by atoms with Crippen LogP contribution in [0.15, 0.2) is 18.2 Å². The third-order valence-corrected chi connectivity index (χ3v) is 2.98. The van der Waals surface area contributed by atoms with E-state index in [4.69, 9.17) is 0 Å². The van der Waals surface area contributed by atoms with Crippen molar-refractivity contribution in [2.45, 2.75) is 6.42 Å². The van der Waals surface area contributed by atoms with Gasteiger partial charge in [0.25, 0.3) is 0 Å². The van der Waals surface area contributed by atoms with Crippen LogP contribution in [0.1, 0.15) is 6.42 Å². The minimum Gasteiger partial charge on any atom is -0.354 e. The van der Waals surface area contributed by atoms with E-state index in [1.54, 1.807) is 0 Å². The van der Waals surface area contributed by atoms with Gasteiger partial charge in [-0.25, -0.2) is 8.78 Å². The fourth-order valence-corrected chi connectivity index (χ4v) is 1.94. The Kier molecular flexibility index (Phi) is 4.62. The maximum Gasteiger partial charge on any atom is 0.234 e. The van der Waals surface area contributed by atoms with Gasteiger partial charge in [-0.15, -0.1) is 0 Å². The standard InChI is InChI=1S/C13H15F2N3O2/c14-10-2-1-9(7-11(10)15)17-12(19)3-5-18-6-4-16-13(20)8-18/h1-2,7H,3-6,8H2,(H,16,20)(H,17,19). The smallest absolute Gasteiger partial charge is 0.234 e. The molecule has 0 bridgehead atoms. The lowest BCUT2D eigenvalue weighted by molar-refractivity contribution is -0.125. The molecule has 0 spiro atoms. The topological polar surface area (TPSA) is 61.4 Å². The van der Waals surface area contributed by atoms with E-state index >= 15 is 0 Å². The largest absolute Gasteiger partial charge is 0.354 e. The maximum absolute atomic E-state index is 13.0. The van der Waals surface area contributed by atoms with Crippen LogP contribution in [0.4, 0.5) is 14.5 Å². The predicted octanol–water partition coefficient (Wildman–Crippen LogP) is 0.725. The summed E-state index contributed by atoms with van der Waals surface area (Å²) in [7, 11) is 0. The Morgan fingerprint density at radius 2 is 2.15 bits per heavy atom. The quantitative estimate of drug-likeness (QED) is 0.856. The monoisotopic (exact) mass is 283 g/mol. The summed E-state index contributed by atoms with van der Waals surface area (Å²) < 4.78 is 25.7. The van der Waals surface area contributed by atoms with Crippen LogP contribution in [-0.2, 0) is 9.59 Å². The summed E-state index contributed by atoms with van der Waals surface area (Å²) in [5, 5.41) is 5.18. The first-order valence-electron chi connectivity index (χ1n) is 6.28. The normalized spacial score (nSPS) is 15.8. The Morgan fingerprint density at radius 1 is 1.35 bits per heavy atom. The lowest BCUT2D eigenvalue weighted by Gasteiger charge is -2.25. The highest BCUT2D eigenvalue weighted by molar-refractivity contribution is 5.90. The molecule has 2 N–H and O–H groups in total. The molecule has 5 nitrogen and oxygen atoms in total. The van der Waals surface area contributed by atoms with Crippen LogP contribution < -0.4 is 10.6 Å². The molecular formula is C13H15F2N3O2. The number of amides is 2. The van der Waals surface area contributed by atoms with Gasteiger partial charge >= 0.3 is 0 Å². The first-order valence-corrected chi connectivity index (χ1v) is 6.28. The number of rotatable bonds is 4. The average molecular weight is 283 g/mol. The third kappa shape index (κ3) is 3.99. The number of hydrogen-bond acceptors (Lipinski definition) is 3. The average Bonchev–Trinajstić information content (AvgIpc) is 2.41. The molecule has 0 radical (unpaired) electrons. The van der Waals surface area contributed by atoms with E-state index in [1.165, 1.54) is 6.07 Å². The summed E-state index contributed by atoms with van der Waals surface area (Å²) >= 11 is 0. The predicted molar refractivity (Wildman–Crippen MR) is 69.1 cm³/mol. The molecule has 7 heteroatoms. The second-order valence-electron chi connectivity index (χ2n) is 4.55. The van der Waals surface area contributed by atoms with E-state index < -0.39 is 11.6 Å². The van der Waals surface area contributed by atoms with E-state index in [2.05, 4.69) is 10.6 Å². The SMILES string of the molecule is O=C1CN(CCC(=O)Nc2ccc(F)c(F)c2)CCN1. The van der Waals surface area contributed by atoms with Crippen LogP contribution in [0, 0.1) is 11.6 Å². The molecule has 0 aromatic heterocycles. The number of nitrogens with zero attached hydrogens (tertiary/aromatic N) is 1. The number of piperazine rings is 1. The Balaban J connectivity index is 1.80. The number of hydrogen-bond donors (Lipinski definition) is 2. The van der Waals surface area contributed by atoms with Crippen molar-refractivity contribution in [3.05, 3.63) is 29.8 Å². The number of carbonyl (C=O) groups excluding carboxylic acids is 2. The molecule has 2 amide bonds. The Hall–Kier alpha value is -2.02. The number of nitrogens with one attached hydrogen (secondary N) is 2. The highest BCUT2D eigenvalue weighted by Crippen LogP contribution is 2.13. The molecule has 20 heavy (non-hydrogen) atoms. The molecule has 108 valence electrons. The first kappa shape index (κ1) is 14.4. The summed E-state index contributed by atoms with van der Waals surface area (Å²) in [6.45, 7) is 2.00. The van der Waals surface area contributed by atoms with Gasteiger partial charge in [0.05, 0.1) is 6.54 Å². The molecular weight excluding hydrogens is 268 g/mol. The van der Waals surface area contributed by atoms with Crippen LogP contribution in [0.5, 0.6) is 0 Å². The number of halogens is 2. The van der Waals surface area contributed by atoms with Crippen molar-refractivity contribution >= 4 is 17.5 Å². The zero-order valence-electron chi connectivity index (χ0n) is 10.8. The summed E-state index contributed by atoms with van der Waals surface area (Å²) in [6, 6.07) is 3.19. The Morgan fingerprint density at radius 3 is 2.85 bits per heavy atom. The highest BCUT2D eigenvalue weighted by atomic mass is 19.2. The molecule has 0 aliphatic carbocycles. The summed E-state index contributed by atoms with van der Waals surface area (Å²) in [6.07, 6.45) is 0.187. The molecule has 1 aromatic rings. The maximum atomic E-state index is 13.0. The van der Waals surface area contributed by atoms with Gasteiger partial charge in [-0.05, 0) is 12.1 Å². The highest BCUT2D eigenvalue weighted by Gasteiger charge is 2.16. The van der Waals surface area contributed by atoms with E-state index in [-0.39, 0.29) is 30.5 Å². The fourth-order valence-electron chi connectivity index (χ4n) is 1.94. The van der Waals surface area contributed by atoms with Crippen LogP contribution in [0.2, 0.25) is 0 Å². The van der Waals surface area contributed by atoms with Crippen molar-refractivity contribution in [2.75, 3.05) is 31.5 Å². The lowest BCUT2D eigenvalue weighted by atomic mass is 10.2. The third-order valence-electron chi connectivity index (χ3n) is 2.98. The second-order valence-corrected chi connectivity index (χ2v) is 4.55. The van der Waals surface area contributed by atoms with Gasteiger partial charge in [0.1, 0.15) is 0 Å². The molecule has 1 aliphatic rings. The van der Waals surface area contributed by atoms with Gasteiger partial charge in [0.15, 0.2) is 11.6 Å². The van der Waals surface area contributed by atoms with Crippen LogP contribution in [-0.4, -0.2) is 42.9 Å². The summed E-state index contributed by atoms with van der Waals surface area (Å²) in [5.41, 5.74) is 0.213. The number of benzene rings is 1. The number of carbonyl (C=O) groups is 2. The van der Waals surface area contributed by atoms with Gasteiger partial charge in [0, 0.05) is 37.8 Å². The lowest BCUT2D eigenvalue weighted by Crippen LogP contribution is -2.48. The van der Waals surface area contributed by atoms with Crippen LogP contribution in [0.25, 0.3) is 0 Å². The molecule has 1 saturated heterocycles. The number of anilines is 1. The van der Waals surface area contributed by atoms with Gasteiger partial charge in [-0.1, -0.05) is 0 Å². The molecule has 1 fully saturated rings. The second kappa shape index (κ2) is 6.42. The van der Waals surface area contributed by atoms with Gasteiger partial charge in [-0.3, -0.25) is 14.5 Å². The molecule has 0 unspecified atom stereocenters. The molecule has 1 aromatic carbocycles. The van der Waals surface area contributed by atoms with Crippen molar-refractivity contribution in [3.8, 4) is 0 Å². The van der Waals surface area contributed by atoms with Crippen molar-refractivity contribution < 1.29 is 18.4 Å². The van der Waals surface area contributed by atoms with Crippen molar-refractivity contribution in [1.29, 1.82) is 0 Å². The van der Waals surface area contributed by atoms with Crippen molar-refractivity contribution in [1.82, 2.24) is 10.2 Å². The molecule has 2 rings (SSSR count). The van der Waals surface area contributed by atoms with Gasteiger partial charge < -0.3 is 10.6 Å². The Labute approximate surface area is 114 Å². The Bertz CT molecular complexity index is 522. The molecule has 1 aliphatic heterocycles. The first-order chi connectivity index (χ1) is 9.54. The molecule has 0 saturated carbocycles. The van der Waals surface area contributed by atoms with Crippen molar-refractivity contribution in [3.63, 3.8) is 0 Å². The van der Waals surface area contributed by atoms with Crippen molar-refractivity contribution in [2.24, 2.45) is 0 Å². The molecule has 0 atom stereocenters. The van der Waals surface area contributed by atoms with E-state index in [9.17, 15) is 18.4 Å². The van der Waals surface area contributed by atoms with E-state index in [0.717, 1.165) is 12.1 Å². The van der Waals surface area contributed by atoms with Crippen LogP contribution in [0.3, 0.4) is 0 Å². The minimum atomic E-state index is -1.00. The zero-order valence-corrected chi connectivity index (χ0v) is 10.8.